The summed E-state index contributed by atoms with van der Waals surface area (Å²) < 4.78 is 7.53. The first-order valence-corrected chi connectivity index (χ1v) is 6.92. The average molecular weight is 273 g/mol. The zero-order chi connectivity index (χ0) is 13.9. The number of nitrogens with zero attached hydrogens (tertiary/aromatic N) is 4. The molecule has 0 unspecified atom stereocenters. The molecule has 20 heavy (non-hydrogen) atoms. The molecule has 6 nitrogen and oxygen atoms in total. The monoisotopic (exact) mass is 273 g/mol. The summed E-state index contributed by atoms with van der Waals surface area (Å²) in [7, 11) is 0. The predicted octanol–water partition coefficient (Wildman–Crippen LogP) is 2.21. The standard InChI is InChI=1S/C14H19N5O/c1-10-6-14(17-11(2)16-10)18-12-7-15-19(8-12)9-13-4-3-5-20-13/h6-8,13H,3-5,9H2,1-2H3,(H,16,17,18)/t13-/m1/s1. The molecule has 2 aromatic heterocycles. The van der Waals surface area contributed by atoms with Crippen molar-refractivity contribution in [3.8, 4) is 0 Å². The topological polar surface area (TPSA) is 64.9 Å². The first-order chi connectivity index (χ1) is 9.69. The van der Waals surface area contributed by atoms with Gasteiger partial charge in [0.05, 0.1) is 24.5 Å². The van der Waals surface area contributed by atoms with Crippen molar-refractivity contribution in [3.63, 3.8) is 0 Å². The van der Waals surface area contributed by atoms with Gasteiger partial charge >= 0.3 is 0 Å². The minimum atomic E-state index is 0.297. The third kappa shape index (κ3) is 3.14. The van der Waals surface area contributed by atoms with Crippen LogP contribution in [0.4, 0.5) is 11.5 Å². The summed E-state index contributed by atoms with van der Waals surface area (Å²) in [4.78, 5) is 8.62. The highest BCUT2D eigenvalue weighted by Crippen LogP contribution is 2.17. The average Bonchev–Trinajstić information content (AvgIpc) is 3.01. The van der Waals surface area contributed by atoms with E-state index in [1.165, 1.54) is 0 Å². The van der Waals surface area contributed by atoms with Crippen LogP contribution in [0.1, 0.15) is 24.4 Å². The molecule has 1 aliphatic rings. The minimum Gasteiger partial charge on any atom is -0.376 e. The number of anilines is 2. The van der Waals surface area contributed by atoms with Crippen molar-refractivity contribution >= 4 is 11.5 Å². The fourth-order valence-electron chi connectivity index (χ4n) is 2.45. The largest absolute Gasteiger partial charge is 0.376 e. The van der Waals surface area contributed by atoms with Crippen LogP contribution in [0.3, 0.4) is 0 Å². The minimum absolute atomic E-state index is 0.297. The summed E-state index contributed by atoms with van der Waals surface area (Å²) in [5.74, 6) is 1.56. The van der Waals surface area contributed by atoms with Crippen molar-refractivity contribution < 1.29 is 4.74 Å². The third-order valence-corrected chi connectivity index (χ3v) is 3.29. The van der Waals surface area contributed by atoms with Crippen LogP contribution >= 0.6 is 0 Å². The second kappa shape index (κ2) is 5.58. The Morgan fingerprint density at radius 3 is 3.05 bits per heavy atom. The van der Waals surface area contributed by atoms with Crippen molar-refractivity contribution in [2.45, 2.75) is 39.3 Å². The quantitative estimate of drug-likeness (QED) is 0.925. The van der Waals surface area contributed by atoms with Crippen LogP contribution in [0.15, 0.2) is 18.5 Å². The summed E-state index contributed by atoms with van der Waals surface area (Å²) in [6.45, 7) is 5.53. The van der Waals surface area contributed by atoms with E-state index in [4.69, 9.17) is 4.74 Å². The van der Waals surface area contributed by atoms with Gasteiger partial charge in [-0.05, 0) is 26.7 Å². The maximum Gasteiger partial charge on any atom is 0.134 e. The molecule has 3 heterocycles. The van der Waals surface area contributed by atoms with E-state index in [1.807, 2.05) is 37.0 Å². The molecular formula is C14H19N5O. The maximum atomic E-state index is 5.61. The van der Waals surface area contributed by atoms with E-state index >= 15 is 0 Å². The van der Waals surface area contributed by atoms with Gasteiger partial charge < -0.3 is 10.1 Å². The van der Waals surface area contributed by atoms with E-state index in [9.17, 15) is 0 Å². The van der Waals surface area contributed by atoms with E-state index in [-0.39, 0.29) is 0 Å². The number of aryl methyl sites for hydroxylation is 2. The van der Waals surface area contributed by atoms with Gasteiger partial charge in [0.2, 0.25) is 0 Å². The molecule has 0 amide bonds. The molecule has 2 aromatic rings. The van der Waals surface area contributed by atoms with Gasteiger partial charge in [0.1, 0.15) is 11.6 Å². The van der Waals surface area contributed by atoms with Crippen molar-refractivity contribution in [1.29, 1.82) is 0 Å². The summed E-state index contributed by atoms with van der Waals surface area (Å²) in [5.41, 5.74) is 1.88. The van der Waals surface area contributed by atoms with Gasteiger partial charge in [0.15, 0.2) is 0 Å². The number of hydrogen-bond donors (Lipinski definition) is 1. The van der Waals surface area contributed by atoms with Crippen LogP contribution in [-0.2, 0) is 11.3 Å². The van der Waals surface area contributed by atoms with Gasteiger partial charge in [0.25, 0.3) is 0 Å². The molecule has 106 valence electrons. The molecule has 1 N–H and O–H groups in total. The highest BCUT2D eigenvalue weighted by molar-refractivity contribution is 5.54. The Kier molecular flexibility index (Phi) is 3.64. The summed E-state index contributed by atoms with van der Waals surface area (Å²) in [5, 5.41) is 7.61. The van der Waals surface area contributed by atoms with Gasteiger partial charge in [-0.2, -0.15) is 5.10 Å². The van der Waals surface area contributed by atoms with Gasteiger partial charge in [-0.1, -0.05) is 0 Å². The molecule has 0 spiro atoms. The van der Waals surface area contributed by atoms with Crippen molar-refractivity contribution in [2.24, 2.45) is 0 Å². The highest BCUT2D eigenvalue weighted by atomic mass is 16.5. The lowest BCUT2D eigenvalue weighted by atomic mass is 10.2. The van der Waals surface area contributed by atoms with Crippen LogP contribution < -0.4 is 5.32 Å². The zero-order valence-corrected chi connectivity index (χ0v) is 11.8. The number of ether oxygens (including phenoxy) is 1. The molecular weight excluding hydrogens is 254 g/mol. The number of aromatic nitrogens is 4. The maximum absolute atomic E-state index is 5.61. The fourth-order valence-corrected chi connectivity index (χ4v) is 2.45. The van der Waals surface area contributed by atoms with Crippen LogP contribution in [0.2, 0.25) is 0 Å². The lowest BCUT2D eigenvalue weighted by Crippen LogP contribution is -2.15. The Morgan fingerprint density at radius 1 is 1.40 bits per heavy atom. The molecule has 1 atom stereocenters. The SMILES string of the molecule is Cc1cc(Nc2cnn(C[C@H]3CCCO3)c2)nc(C)n1. The van der Waals surface area contributed by atoms with Crippen molar-refractivity contribution in [1.82, 2.24) is 19.7 Å². The zero-order valence-electron chi connectivity index (χ0n) is 11.8. The number of hydrogen-bond acceptors (Lipinski definition) is 5. The molecule has 3 rings (SSSR count). The molecule has 1 fully saturated rings. The van der Waals surface area contributed by atoms with Gasteiger partial charge in [-0.3, -0.25) is 4.68 Å². The van der Waals surface area contributed by atoms with Crippen LogP contribution in [0, 0.1) is 13.8 Å². The summed E-state index contributed by atoms with van der Waals surface area (Å²) in [6, 6.07) is 1.92. The van der Waals surface area contributed by atoms with Crippen LogP contribution in [0.25, 0.3) is 0 Å². The normalized spacial score (nSPS) is 18.4. The second-order valence-electron chi connectivity index (χ2n) is 5.15. The Morgan fingerprint density at radius 2 is 2.30 bits per heavy atom. The van der Waals surface area contributed by atoms with E-state index in [1.54, 1.807) is 0 Å². The Hall–Kier alpha value is -1.95. The van der Waals surface area contributed by atoms with Gasteiger partial charge in [0, 0.05) is 24.6 Å². The van der Waals surface area contributed by atoms with Crippen molar-refractivity contribution in [2.75, 3.05) is 11.9 Å². The smallest absolute Gasteiger partial charge is 0.134 e. The first-order valence-electron chi connectivity index (χ1n) is 6.92. The van der Waals surface area contributed by atoms with Crippen LogP contribution in [0.5, 0.6) is 0 Å². The highest BCUT2D eigenvalue weighted by Gasteiger charge is 2.16. The number of nitrogens with one attached hydrogen (secondary N) is 1. The molecule has 1 aliphatic heterocycles. The summed E-state index contributed by atoms with van der Waals surface area (Å²) >= 11 is 0. The van der Waals surface area contributed by atoms with Crippen LogP contribution in [-0.4, -0.2) is 32.5 Å². The fraction of sp³-hybridized carbons (Fsp3) is 0.500. The first kappa shape index (κ1) is 13.1. The third-order valence-electron chi connectivity index (χ3n) is 3.29. The summed E-state index contributed by atoms with van der Waals surface area (Å²) in [6.07, 6.45) is 6.35. The Labute approximate surface area is 118 Å². The molecule has 1 saturated heterocycles. The van der Waals surface area contributed by atoms with Gasteiger partial charge in [-0.25, -0.2) is 9.97 Å². The van der Waals surface area contributed by atoms with E-state index in [0.29, 0.717) is 6.10 Å². The Bertz CT molecular complexity index is 569. The second-order valence-corrected chi connectivity index (χ2v) is 5.15. The van der Waals surface area contributed by atoms with Crippen molar-refractivity contribution in [3.05, 3.63) is 30.0 Å². The molecule has 0 radical (unpaired) electrons. The molecule has 0 bridgehead atoms. The van der Waals surface area contributed by atoms with E-state index < -0.39 is 0 Å². The molecule has 0 saturated carbocycles. The number of rotatable bonds is 4. The molecule has 0 aliphatic carbocycles. The Balaban J connectivity index is 1.67. The molecule has 6 heteroatoms. The predicted molar refractivity (Wildman–Crippen MR) is 76.0 cm³/mol. The van der Waals surface area contributed by atoms with E-state index in [0.717, 1.165) is 49.0 Å². The lowest BCUT2D eigenvalue weighted by molar-refractivity contribution is 0.0940. The molecule has 0 aromatic carbocycles. The lowest BCUT2D eigenvalue weighted by Gasteiger charge is -2.08. The van der Waals surface area contributed by atoms with Gasteiger partial charge in [-0.15, -0.1) is 0 Å². The van der Waals surface area contributed by atoms with E-state index in [2.05, 4.69) is 20.4 Å².